The van der Waals surface area contributed by atoms with E-state index < -0.39 is 0 Å². The van der Waals surface area contributed by atoms with Crippen molar-refractivity contribution in [1.29, 1.82) is 0 Å². The molecule has 0 N–H and O–H groups in total. The summed E-state index contributed by atoms with van der Waals surface area (Å²) in [5.41, 5.74) is 1.19. The second-order valence-corrected chi connectivity index (χ2v) is 4.63. The third-order valence-corrected chi connectivity index (χ3v) is 2.74. The first-order valence-electron chi connectivity index (χ1n) is 3.97. The van der Waals surface area contributed by atoms with Gasteiger partial charge >= 0.3 is 0 Å². The molecule has 0 heterocycles. The fourth-order valence-electron chi connectivity index (χ4n) is 1.11. The van der Waals surface area contributed by atoms with Crippen LogP contribution in [0.15, 0.2) is 30.3 Å². The van der Waals surface area contributed by atoms with Crippen LogP contribution in [-0.4, -0.2) is 5.33 Å². The van der Waals surface area contributed by atoms with Crippen molar-refractivity contribution in [3.63, 3.8) is 0 Å². The summed E-state index contributed by atoms with van der Waals surface area (Å²) in [5, 5.41) is 0.932. The van der Waals surface area contributed by atoms with Crippen LogP contribution >= 0.6 is 27.5 Å². The van der Waals surface area contributed by atoms with E-state index in [0.29, 0.717) is 0 Å². The van der Waals surface area contributed by atoms with Gasteiger partial charge in [0.05, 0.1) is 4.87 Å². The Balaban J connectivity index is 2.82. The van der Waals surface area contributed by atoms with E-state index in [-0.39, 0.29) is 4.87 Å². The molecule has 2 heteroatoms. The first-order valence-corrected chi connectivity index (χ1v) is 5.47. The van der Waals surface area contributed by atoms with Crippen LogP contribution in [0.1, 0.15) is 18.9 Å². The summed E-state index contributed by atoms with van der Waals surface area (Å²) in [6, 6.07) is 10.2. The first-order chi connectivity index (χ1) is 5.67. The Morgan fingerprint density at radius 1 is 1.33 bits per heavy atom. The largest absolute Gasteiger partial charge is 0.114 e. The van der Waals surface area contributed by atoms with Gasteiger partial charge in [0, 0.05) is 5.33 Å². The van der Waals surface area contributed by atoms with Crippen LogP contribution < -0.4 is 0 Å². The molecule has 0 aliphatic rings. The highest BCUT2D eigenvalue weighted by atomic mass is 79.9. The van der Waals surface area contributed by atoms with Crippen molar-refractivity contribution in [2.45, 2.75) is 18.2 Å². The molecule has 0 nitrogen and oxygen atoms in total. The van der Waals surface area contributed by atoms with Crippen LogP contribution in [0.2, 0.25) is 0 Å². The lowest BCUT2D eigenvalue weighted by molar-refractivity contribution is 0.659. The maximum absolute atomic E-state index is 6.33. The molecular formula is C10H12BrCl. The normalized spacial score (nSPS) is 15.6. The predicted octanol–water partition coefficient (Wildman–Crippen LogP) is 3.93. The topological polar surface area (TPSA) is 0 Å². The monoisotopic (exact) mass is 246 g/mol. The number of benzene rings is 1. The van der Waals surface area contributed by atoms with Crippen molar-refractivity contribution < 1.29 is 0 Å². The number of hydrogen-bond acceptors (Lipinski definition) is 0. The molecule has 1 rings (SSSR count). The average molecular weight is 248 g/mol. The molecule has 1 aromatic rings. The molecule has 0 spiro atoms. The van der Waals surface area contributed by atoms with E-state index in [0.717, 1.165) is 11.8 Å². The zero-order valence-electron chi connectivity index (χ0n) is 7.06. The molecule has 0 aromatic heterocycles. The minimum Gasteiger partial charge on any atom is -0.114 e. The Labute approximate surface area is 87.1 Å². The second-order valence-electron chi connectivity index (χ2n) is 3.00. The fourth-order valence-corrected chi connectivity index (χ4v) is 2.35. The summed E-state index contributed by atoms with van der Waals surface area (Å²) in [7, 11) is 0. The molecule has 12 heavy (non-hydrogen) atoms. The average Bonchev–Trinajstić information content (AvgIpc) is 2.06. The Kier molecular flexibility index (Phi) is 3.60. The Bertz CT molecular complexity index is 231. The lowest BCUT2D eigenvalue weighted by Crippen LogP contribution is -2.13. The molecule has 0 saturated carbocycles. The molecule has 1 aromatic carbocycles. The van der Waals surface area contributed by atoms with Crippen molar-refractivity contribution in [2.24, 2.45) is 0 Å². The van der Waals surface area contributed by atoms with Gasteiger partial charge in [-0.1, -0.05) is 46.3 Å². The number of hydrogen-bond donors (Lipinski definition) is 0. The van der Waals surface area contributed by atoms with Crippen molar-refractivity contribution in [1.82, 2.24) is 0 Å². The van der Waals surface area contributed by atoms with Crippen LogP contribution in [-0.2, 0) is 4.87 Å². The van der Waals surface area contributed by atoms with E-state index in [1.54, 1.807) is 0 Å². The summed E-state index contributed by atoms with van der Waals surface area (Å²) in [6.07, 6.45) is 0.943. The van der Waals surface area contributed by atoms with Gasteiger partial charge in [0.1, 0.15) is 0 Å². The Hall–Kier alpha value is -0.0100. The molecule has 1 unspecified atom stereocenters. The smallest absolute Gasteiger partial charge is 0.0674 e. The van der Waals surface area contributed by atoms with Gasteiger partial charge in [-0.2, -0.15) is 0 Å². The molecule has 0 aliphatic heterocycles. The van der Waals surface area contributed by atoms with E-state index in [1.165, 1.54) is 5.56 Å². The standard InChI is InChI=1S/C10H12BrCl/c1-10(12,7-8-11)9-5-3-2-4-6-9/h2-6H,7-8H2,1H3. The zero-order valence-corrected chi connectivity index (χ0v) is 9.40. The predicted molar refractivity (Wildman–Crippen MR) is 58.1 cm³/mol. The molecule has 66 valence electrons. The highest BCUT2D eigenvalue weighted by Crippen LogP contribution is 2.32. The van der Waals surface area contributed by atoms with Crippen LogP contribution in [0.4, 0.5) is 0 Å². The molecule has 1 atom stereocenters. The van der Waals surface area contributed by atoms with E-state index in [1.807, 2.05) is 25.1 Å². The van der Waals surface area contributed by atoms with Crippen molar-refractivity contribution >= 4 is 27.5 Å². The van der Waals surface area contributed by atoms with Gasteiger partial charge in [-0.15, -0.1) is 11.6 Å². The summed E-state index contributed by atoms with van der Waals surface area (Å²) >= 11 is 9.73. The van der Waals surface area contributed by atoms with E-state index in [2.05, 4.69) is 28.1 Å². The van der Waals surface area contributed by atoms with E-state index in [4.69, 9.17) is 11.6 Å². The van der Waals surface area contributed by atoms with Gasteiger partial charge < -0.3 is 0 Å². The summed E-state index contributed by atoms with van der Waals surface area (Å²) < 4.78 is 0. The quantitative estimate of drug-likeness (QED) is 0.710. The van der Waals surface area contributed by atoms with E-state index in [9.17, 15) is 0 Å². The Morgan fingerprint density at radius 2 is 1.92 bits per heavy atom. The SMILES string of the molecule is CC(Cl)(CCBr)c1ccccc1. The number of rotatable bonds is 3. The maximum Gasteiger partial charge on any atom is 0.0674 e. The minimum absolute atomic E-state index is 0.231. The molecule has 0 bridgehead atoms. The van der Waals surface area contributed by atoms with Gasteiger partial charge in [0.15, 0.2) is 0 Å². The van der Waals surface area contributed by atoms with Gasteiger partial charge in [-0.3, -0.25) is 0 Å². The third-order valence-electron chi connectivity index (χ3n) is 1.94. The molecular weight excluding hydrogens is 235 g/mol. The minimum atomic E-state index is -0.231. The lowest BCUT2D eigenvalue weighted by atomic mass is 9.98. The van der Waals surface area contributed by atoms with E-state index >= 15 is 0 Å². The van der Waals surface area contributed by atoms with Gasteiger partial charge in [-0.25, -0.2) is 0 Å². The van der Waals surface area contributed by atoms with Crippen LogP contribution in [0.5, 0.6) is 0 Å². The number of halogens is 2. The van der Waals surface area contributed by atoms with Gasteiger partial charge in [0.25, 0.3) is 0 Å². The molecule has 0 radical (unpaired) electrons. The zero-order chi connectivity index (χ0) is 9.03. The summed E-state index contributed by atoms with van der Waals surface area (Å²) in [5.74, 6) is 0. The molecule has 0 aliphatic carbocycles. The second kappa shape index (κ2) is 4.29. The van der Waals surface area contributed by atoms with Crippen molar-refractivity contribution in [2.75, 3.05) is 5.33 Å². The van der Waals surface area contributed by atoms with Crippen LogP contribution in [0, 0.1) is 0 Å². The molecule has 0 amide bonds. The highest BCUT2D eigenvalue weighted by molar-refractivity contribution is 9.09. The van der Waals surface area contributed by atoms with Crippen molar-refractivity contribution in [3.8, 4) is 0 Å². The van der Waals surface area contributed by atoms with Gasteiger partial charge in [-0.05, 0) is 18.9 Å². The maximum atomic E-state index is 6.33. The number of alkyl halides is 2. The summed E-state index contributed by atoms with van der Waals surface area (Å²) in [4.78, 5) is -0.231. The van der Waals surface area contributed by atoms with Crippen LogP contribution in [0.3, 0.4) is 0 Å². The van der Waals surface area contributed by atoms with Crippen LogP contribution in [0.25, 0.3) is 0 Å². The third kappa shape index (κ3) is 2.49. The summed E-state index contributed by atoms with van der Waals surface area (Å²) in [6.45, 7) is 2.05. The molecule has 0 saturated heterocycles. The van der Waals surface area contributed by atoms with Crippen molar-refractivity contribution in [3.05, 3.63) is 35.9 Å². The lowest BCUT2D eigenvalue weighted by Gasteiger charge is -2.21. The Morgan fingerprint density at radius 3 is 2.42 bits per heavy atom. The molecule has 0 fully saturated rings. The van der Waals surface area contributed by atoms with Gasteiger partial charge in [0.2, 0.25) is 0 Å². The highest BCUT2D eigenvalue weighted by Gasteiger charge is 2.21. The fraction of sp³-hybridized carbons (Fsp3) is 0.400. The first kappa shape index (κ1) is 10.1.